The predicted octanol–water partition coefficient (Wildman–Crippen LogP) is 15.9. The van der Waals surface area contributed by atoms with E-state index in [1.807, 2.05) is 22.7 Å². The summed E-state index contributed by atoms with van der Waals surface area (Å²) >= 11 is 3.90. The van der Waals surface area contributed by atoms with Gasteiger partial charge in [-0.1, -0.05) is 128 Å². The second-order valence-electron chi connectivity index (χ2n) is 15.2. The monoisotopic (exact) mass is 753 g/mol. The topological polar surface area (TPSA) is 4.93 Å². The van der Waals surface area contributed by atoms with Crippen molar-refractivity contribution in [2.75, 3.05) is 0 Å². The molecule has 3 heterocycles. The summed E-state index contributed by atoms with van der Waals surface area (Å²) in [4.78, 5) is 0. The lowest BCUT2D eigenvalue weighted by Crippen LogP contribution is -2.03. The van der Waals surface area contributed by atoms with Crippen molar-refractivity contribution in [3.63, 3.8) is 0 Å². The molecule has 56 heavy (non-hydrogen) atoms. The smallest absolute Gasteiger partial charge is 0.0541 e. The summed E-state index contributed by atoms with van der Waals surface area (Å²) in [7, 11) is 0. The molecule has 0 aliphatic heterocycles. The van der Waals surface area contributed by atoms with E-state index < -0.39 is 0 Å². The van der Waals surface area contributed by atoms with Crippen molar-refractivity contribution in [2.45, 2.75) is 32.6 Å². The van der Waals surface area contributed by atoms with E-state index in [0.29, 0.717) is 5.92 Å². The number of para-hydroxylation sites is 2. The van der Waals surface area contributed by atoms with E-state index in [1.54, 1.807) is 0 Å². The summed E-state index contributed by atoms with van der Waals surface area (Å²) in [6.45, 7) is 4.58. The van der Waals surface area contributed by atoms with Gasteiger partial charge in [0.15, 0.2) is 0 Å². The molecule has 1 atom stereocenters. The number of fused-ring (bicyclic) bond motifs is 10. The Hall–Kier alpha value is -6.00. The fourth-order valence-corrected chi connectivity index (χ4v) is 11.7. The third kappa shape index (κ3) is 5.26. The minimum Gasteiger partial charge on any atom is -0.309 e. The van der Waals surface area contributed by atoms with Crippen LogP contribution in [0.15, 0.2) is 170 Å². The Labute approximate surface area is 334 Å². The van der Waals surface area contributed by atoms with E-state index in [4.69, 9.17) is 0 Å². The minimum absolute atomic E-state index is 0.406. The molecule has 0 radical (unpaired) electrons. The third-order valence-corrected chi connectivity index (χ3v) is 14.4. The average Bonchev–Trinajstić information content (AvgIpc) is 3.92. The van der Waals surface area contributed by atoms with E-state index in [2.05, 4.69) is 188 Å². The Morgan fingerprint density at radius 2 is 1.14 bits per heavy atom. The number of aromatic nitrogens is 1. The number of aryl methyl sites for hydroxylation is 1. The molecule has 0 amide bonds. The number of rotatable bonds is 7. The molecule has 1 nitrogen and oxygen atoms in total. The van der Waals surface area contributed by atoms with Crippen molar-refractivity contribution in [1.82, 2.24) is 4.57 Å². The second-order valence-corrected chi connectivity index (χ2v) is 17.3. The van der Waals surface area contributed by atoms with Gasteiger partial charge in [0.1, 0.15) is 0 Å². The summed E-state index contributed by atoms with van der Waals surface area (Å²) in [6, 6.07) is 63.4. The summed E-state index contributed by atoms with van der Waals surface area (Å²) < 4.78 is 7.88. The van der Waals surface area contributed by atoms with Crippen LogP contribution in [0.4, 0.5) is 0 Å². The SMILES string of the molecule is CCC(Cc1ccccc1-c1ccccc1C)c1ccc2sc3c(-c4ccccc4)cc4c5cc(-n6c7ccccc7c7ccccc76)ccc5sc4c3c2c1. The Morgan fingerprint density at radius 3 is 1.91 bits per heavy atom. The largest absolute Gasteiger partial charge is 0.309 e. The summed E-state index contributed by atoms with van der Waals surface area (Å²) in [5.41, 5.74) is 13.1. The maximum atomic E-state index is 2.54. The quantitative estimate of drug-likeness (QED) is 0.153. The van der Waals surface area contributed by atoms with Gasteiger partial charge in [-0.2, -0.15) is 0 Å². The van der Waals surface area contributed by atoms with E-state index in [-0.39, 0.29) is 0 Å². The first kappa shape index (κ1) is 33.3. The summed E-state index contributed by atoms with van der Waals surface area (Å²) in [6.07, 6.45) is 2.09. The molecule has 0 fully saturated rings. The molecule has 0 N–H and O–H groups in total. The second kappa shape index (κ2) is 13.3. The van der Waals surface area contributed by atoms with Crippen LogP contribution in [-0.2, 0) is 6.42 Å². The molecule has 1 unspecified atom stereocenters. The molecular weight excluding hydrogens is 715 g/mol. The fraction of sp³-hybridized carbons (Fsp3) is 0.0943. The van der Waals surface area contributed by atoms with E-state index in [1.165, 1.54) is 107 Å². The van der Waals surface area contributed by atoms with Crippen LogP contribution < -0.4 is 0 Å². The van der Waals surface area contributed by atoms with Gasteiger partial charge in [-0.3, -0.25) is 0 Å². The highest BCUT2D eigenvalue weighted by molar-refractivity contribution is 7.30. The Kier molecular flexibility index (Phi) is 7.94. The normalized spacial score (nSPS) is 12.5. The Balaban J connectivity index is 1.12. The van der Waals surface area contributed by atoms with Gasteiger partial charge in [-0.15, -0.1) is 22.7 Å². The van der Waals surface area contributed by atoms with E-state index in [0.717, 1.165) is 12.8 Å². The highest BCUT2D eigenvalue weighted by atomic mass is 32.1. The van der Waals surface area contributed by atoms with Crippen LogP contribution >= 0.6 is 22.7 Å². The summed E-state index contributed by atoms with van der Waals surface area (Å²) in [5.74, 6) is 0.406. The highest BCUT2D eigenvalue weighted by Crippen LogP contribution is 2.50. The van der Waals surface area contributed by atoms with E-state index in [9.17, 15) is 0 Å². The number of nitrogens with zero attached hydrogens (tertiary/aromatic N) is 1. The standard InChI is InChI=1S/C53H39NS2/c1-3-34(29-37-18-8-10-20-40(37)39-19-9-7-15-33(39)2)36-25-27-50-46(30-36)51-52(56-50)43(35-16-5-4-6-17-35)32-45-44-31-38(26-28-49(44)55-53(45)51)54-47-23-13-11-21-41(47)42-22-12-14-24-48(42)54/h4-28,30-32,34H,3,29H2,1-2H3. The van der Waals surface area contributed by atoms with Crippen LogP contribution in [0.3, 0.4) is 0 Å². The van der Waals surface area contributed by atoms with Gasteiger partial charge >= 0.3 is 0 Å². The lowest BCUT2D eigenvalue weighted by Gasteiger charge is -2.19. The third-order valence-electron chi connectivity index (χ3n) is 12.0. The van der Waals surface area contributed by atoms with Crippen molar-refractivity contribution < 1.29 is 0 Å². The molecule has 8 aromatic carbocycles. The zero-order valence-corrected chi connectivity index (χ0v) is 33.1. The molecule has 3 heteroatoms. The first-order chi connectivity index (χ1) is 27.6. The van der Waals surface area contributed by atoms with Gasteiger partial charge in [0.05, 0.1) is 11.0 Å². The van der Waals surface area contributed by atoms with Gasteiger partial charge in [0, 0.05) is 62.4 Å². The number of hydrogen-bond donors (Lipinski definition) is 0. The van der Waals surface area contributed by atoms with Gasteiger partial charge in [0.25, 0.3) is 0 Å². The maximum Gasteiger partial charge on any atom is 0.0541 e. The Morgan fingerprint density at radius 1 is 0.500 bits per heavy atom. The van der Waals surface area contributed by atoms with Crippen LogP contribution in [0.25, 0.3) is 90.1 Å². The van der Waals surface area contributed by atoms with Crippen LogP contribution in [0.1, 0.15) is 36.0 Å². The number of thiophene rings is 2. The molecule has 0 aliphatic carbocycles. The minimum atomic E-state index is 0.406. The van der Waals surface area contributed by atoms with Crippen molar-refractivity contribution in [2.24, 2.45) is 0 Å². The van der Waals surface area contributed by atoms with Gasteiger partial charge in [-0.05, 0) is 108 Å². The Bertz CT molecular complexity index is 3230. The van der Waals surface area contributed by atoms with Crippen molar-refractivity contribution in [1.29, 1.82) is 0 Å². The number of hydrogen-bond acceptors (Lipinski definition) is 2. The van der Waals surface area contributed by atoms with Gasteiger partial charge in [0.2, 0.25) is 0 Å². The molecule has 268 valence electrons. The molecule has 0 spiro atoms. The van der Waals surface area contributed by atoms with Crippen molar-refractivity contribution in [3.05, 3.63) is 187 Å². The van der Waals surface area contributed by atoms with Crippen LogP contribution in [0.5, 0.6) is 0 Å². The maximum absolute atomic E-state index is 2.54. The zero-order valence-electron chi connectivity index (χ0n) is 31.4. The van der Waals surface area contributed by atoms with Gasteiger partial charge in [-0.25, -0.2) is 0 Å². The molecule has 11 aromatic rings. The molecule has 0 saturated heterocycles. The summed E-state index contributed by atoms with van der Waals surface area (Å²) in [5, 5.41) is 8.01. The van der Waals surface area contributed by atoms with Crippen LogP contribution in [-0.4, -0.2) is 4.57 Å². The van der Waals surface area contributed by atoms with Crippen molar-refractivity contribution in [3.8, 4) is 27.9 Å². The lowest BCUT2D eigenvalue weighted by atomic mass is 9.85. The highest BCUT2D eigenvalue weighted by Gasteiger charge is 2.21. The first-order valence-corrected chi connectivity index (χ1v) is 21.3. The van der Waals surface area contributed by atoms with Crippen LogP contribution in [0, 0.1) is 6.92 Å². The van der Waals surface area contributed by atoms with Gasteiger partial charge < -0.3 is 4.57 Å². The molecule has 0 saturated carbocycles. The van der Waals surface area contributed by atoms with E-state index >= 15 is 0 Å². The molecule has 11 rings (SSSR count). The molecule has 0 aliphatic rings. The molecular formula is C53H39NS2. The van der Waals surface area contributed by atoms with Crippen molar-refractivity contribution >= 4 is 84.8 Å². The van der Waals surface area contributed by atoms with Crippen LogP contribution in [0.2, 0.25) is 0 Å². The fourth-order valence-electron chi connectivity index (χ4n) is 9.20. The molecule has 0 bridgehead atoms. The average molecular weight is 754 g/mol. The number of benzene rings is 8. The molecule has 3 aromatic heterocycles. The predicted molar refractivity (Wildman–Crippen MR) is 245 cm³/mol. The first-order valence-electron chi connectivity index (χ1n) is 19.7. The zero-order chi connectivity index (χ0) is 37.3. The lowest BCUT2D eigenvalue weighted by molar-refractivity contribution is 0.662.